The third-order valence-electron chi connectivity index (χ3n) is 3.74. The van der Waals surface area contributed by atoms with Gasteiger partial charge in [0.25, 0.3) is 0 Å². The Hall–Kier alpha value is -1.99. The molecule has 0 saturated carbocycles. The van der Waals surface area contributed by atoms with Crippen molar-refractivity contribution in [2.45, 2.75) is 18.9 Å². The Morgan fingerprint density at radius 1 is 1.36 bits per heavy atom. The molecule has 5 nitrogen and oxygen atoms in total. The lowest BCUT2D eigenvalue weighted by Gasteiger charge is -2.22. The number of fused-ring (bicyclic) bond motifs is 1. The molecule has 1 atom stereocenters. The normalized spacial score (nSPS) is 18.0. The number of amides is 1. The van der Waals surface area contributed by atoms with Crippen LogP contribution in [0.15, 0.2) is 35.8 Å². The van der Waals surface area contributed by atoms with E-state index in [1.54, 1.807) is 17.5 Å². The number of hydrogen-bond donors (Lipinski definition) is 1. The first-order valence-corrected chi connectivity index (χ1v) is 8.83. The topological polar surface area (TPSA) is 58.1 Å². The molecule has 1 aliphatic rings. The molecule has 1 fully saturated rings. The minimum atomic E-state index is -0.154. The smallest absolute Gasteiger partial charge is 0.248 e. The molecule has 112 valence electrons. The summed E-state index contributed by atoms with van der Waals surface area (Å²) in [5.41, 5.74) is 0.922. The van der Waals surface area contributed by atoms with E-state index in [0.29, 0.717) is 5.13 Å². The summed E-state index contributed by atoms with van der Waals surface area (Å²) in [7, 11) is 0. The zero-order valence-electron chi connectivity index (χ0n) is 11.7. The van der Waals surface area contributed by atoms with Crippen molar-refractivity contribution in [2.24, 2.45) is 0 Å². The zero-order chi connectivity index (χ0) is 14.9. The number of benzene rings is 1. The Kier molecular flexibility index (Phi) is 3.51. The third kappa shape index (κ3) is 2.46. The molecule has 7 heteroatoms. The number of hydrogen-bond acceptors (Lipinski definition) is 6. The van der Waals surface area contributed by atoms with E-state index in [9.17, 15) is 4.79 Å². The first-order chi connectivity index (χ1) is 10.8. The van der Waals surface area contributed by atoms with Gasteiger partial charge in [0.05, 0.1) is 10.2 Å². The summed E-state index contributed by atoms with van der Waals surface area (Å²) in [6.45, 7) is 0.880. The number of nitrogens with one attached hydrogen (secondary N) is 1. The lowest BCUT2D eigenvalue weighted by atomic mass is 10.2. The molecule has 1 aromatic carbocycles. The van der Waals surface area contributed by atoms with Gasteiger partial charge in [0.1, 0.15) is 6.04 Å². The molecule has 0 spiro atoms. The van der Waals surface area contributed by atoms with Crippen LogP contribution < -0.4 is 10.2 Å². The van der Waals surface area contributed by atoms with Gasteiger partial charge in [-0.05, 0) is 25.0 Å². The van der Waals surface area contributed by atoms with Gasteiger partial charge < -0.3 is 10.2 Å². The number of anilines is 2. The Bertz CT molecular complexity index is 766. The maximum atomic E-state index is 12.6. The first-order valence-electron chi connectivity index (χ1n) is 7.14. The van der Waals surface area contributed by atoms with Crippen molar-refractivity contribution in [3.8, 4) is 0 Å². The third-order valence-corrected chi connectivity index (χ3v) is 5.50. The molecule has 0 aliphatic carbocycles. The van der Waals surface area contributed by atoms with Gasteiger partial charge in [-0.2, -0.15) is 0 Å². The summed E-state index contributed by atoms with van der Waals surface area (Å²) in [4.78, 5) is 23.5. The van der Waals surface area contributed by atoms with Crippen LogP contribution in [0.25, 0.3) is 10.2 Å². The summed E-state index contributed by atoms with van der Waals surface area (Å²) in [6, 6.07) is 7.75. The Morgan fingerprint density at radius 3 is 3.09 bits per heavy atom. The van der Waals surface area contributed by atoms with Crippen LogP contribution in [0.2, 0.25) is 0 Å². The molecule has 0 unspecified atom stereocenters. The molecule has 1 N–H and O–H groups in total. The average molecular weight is 330 g/mol. The average Bonchev–Trinajstić information content (AvgIpc) is 3.25. The number of aromatic nitrogens is 2. The van der Waals surface area contributed by atoms with Gasteiger partial charge in [0.2, 0.25) is 5.91 Å². The molecule has 1 amide bonds. The summed E-state index contributed by atoms with van der Waals surface area (Å²) >= 11 is 3.08. The molecule has 4 rings (SSSR count). The second-order valence-corrected chi connectivity index (χ2v) is 7.05. The molecule has 1 saturated heterocycles. The summed E-state index contributed by atoms with van der Waals surface area (Å²) in [6.07, 6.45) is 3.65. The van der Waals surface area contributed by atoms with E-state index in [4.69, 9.17) is 0 Å². The maximum Gasteiger partial charge on any atom is 0.248 e. The lowest BCUT2D eigenvalue weighted by Crippen LogP contribution is -2.39. The van der Waals surface area contributed by atoms with Gasteiger partial charge in [-0.3, -0.25) is 4.79 Å². The van der Waals surface area contributed by atoms with Gasteiger partial charge in [-0.1, -0.05) is 23.5 Å². The van der Waals surface area contributed by atoms with Crippen LogP contribution in [0.3, 0.4) is 0 Å². The highest BCUT2D eigenvalue weighted by atomic mass is 32.1. The van der Waals surface area contributed by atoms with Gasteiger partial charge >= 0.3 is 0 Å². The number of carbonyl (C=O) groups excluding carboxylic acids is 1. The standard InChI is InChI=1S/C15H14N4OS2/c20-13(11-5-3-8-19(11)15-16-7-9-21-15)18-14-17-10-4-1-2-6-12(10)22-14/h1-2,4,6-7,9,11H,3,5,8H2,(H,17,18,20)/t11-/m1/s1. The largest absolute Gasteiger partial charge is 0.336 e. The van der Waals surface area contributed by atoms with E-state index in [2.05, 4.69) is 20.2 Å². The van der Waals surface area contributed by atoms with E-state index in [1.807, 2.05) is 29.6 Å². The van der Waals surface area contributed by atoms with E-state index in [-0.39, 0.29) is 11.9 Å². The highest BCUT2D eigenvalue weighted by Gasteiger charge is 2.32. The Balaban J connectivity index is 1.53. The van der Waals surface area contributed by atoms with E-state index >= 15 is 0 Å². The first kappa shape index (κ1) is 13.7. The van der Waals surface area contributed by atoms with Gasteiger partial charge in [0, 0.05) is 18.1 Å². The molecule has 2 aromatic heterocycles. The fourth-order valence-corrected chi connectivity index (χ4v) is 4.33. The zero-order valence-corrected chi connectivity index (χ0v) is 13.4. The summed E-state index contributed by atoms with van der Waals surface area (Å²) in [5, 5.41) is 6.49. The van der Waals surface area contributed by atoms with Crippen molar-refractivity contribution in [1.29, 1.82) is 0 Å². The predicted octanol–water partition coefficient (Wildman–Crippen LogP) is 3.36. The minimum absolute atomic E-state index is 0.00626. The van der Waals surface area contributed by atoms with Crippen LogP contribution in [-0.2, 0) is 4.79 Å². The molecule has 0 bridgehead atoms. The van der Waals surface area contributed by atoms with Gasteiger partial charge in [-0.15, -0.1) is 11.3 Å². The maximum absolute atomic E-state index is 12.6. The molecular weight excluding hydrogens is 316 g/mol. The van der Waals surface area contributed by atoms with Crippen LogP contribution in [0.1, 0.15) is 12.8 Å². The van der Waals surface area contributed by atoms with Crippen LogP contribution in [-0.4, -0.2) is 28.5 Å². The highest BCUT2D eigenvalue weighted by molar-refractivity contribution is 7.22. The van der Waals surface area contributed by atoms with Crippen LogP contribution in [0.4, 0.5) is 10.3 Å². The Morgan fingerprint density at radius 2 is 2.27 bits per heavy atom. The number of carbonyl (C=O) groups is 1. The quantitative estimate of drug-likeness (QED) is 0.800. The predicted molar refractivity (Wildman–Crippen MR) is 90.7 cm³/mol. The number of para-hydroxylation sites is 1. The lowest BCUT2D eigenvalue weighted by molar-refractivity contribution is -0.117. The molecule has 3 aromatic rings. The van der Waals surface area contributed by atoms with Gasteiger partial charge in [-0.25, -0.2) is 9.97 Å². The monoisotopic (exact) mass is 330 g/mol. The van der Waals surface area contributed by atoms with Crippen molar-refractivity contribution in [2.75, 3.05) is 16.8 Å². The minimum Gasteiger partial charge on any atom is -0.336 e. The molecule has 1 aliphatic heterocycles. The van der Waals surface area contributed by atoms with Crippen LogP contribution in [0.5, 0.6) is 0 Å². The molecule has 0 radical (unpaired) electrons. The van der Waals surface area contributed by atoms with E-state index in [1.165, 1.54) is 11.3 Å². The summed E-state index contributed by atoms with van der Waals surface area (Å²) in [5.74, 6) is 0.00626. The fraction of sp³-hybridized carbons (Fsp3) is 0.267. The summed E-state index contributed by atoms with van der Waals surface area (Å²) < 4.78 is 1.08. The van der Waals surface area contributed by atoms with E-state index < -0.39 is 0 Å². The fourth-order valence-electron chi connectivity index (χ4n) is 2.74. The van der Waals surface area contributed by atoms with Crippen molar-refractivity contribution < 1.29 is 4.79 Å². The van der Waals surface area contributed by atoms with Crippen molar-refractivity contribution in [1.82, 2.24) is 9.97 Å². The molecular formula is C15H14N4OS2. The van der Waals surface area contributed by atoms with Crippen molar-refractivity contribution in [3.05, 3.63) is 35.8 Å². The van der Waals surface area contributed by atoms with Crippen molar-refractivity contribution >= 4 is 49.1 Å². The van der Waals surface area contributed by atoms with Crippen molar-refractivity contribution in [3.63, 3.8) is 0 Å². The number of rotatable bonds is 3. The number of thiazole rings is 2. The van der Waals surface area contributed by atoms with Crippen LogP contribution in [0, 0.1) is 0 Å². The van der Waals surface area contributed by atoms with Crippen LogP contribution >= 0.6 is 22.7 Å². The molecule has 3 heterocycles. The number of nitrogens with zero attached hydrogens (tertiary/aromatic N) is 3. The van der Waals surface area contributed by atoms with E-state index in [0.717, 1.165) is 34.7 Å². The second kappa shape index (κ2) is 5.66. The highest BCUT2D eigenvalue weighted by Crippen LogP contribution is 2.29. The molecule has 22 heavy (non-hydrogen) atoms. The SMILES string of the molecule is O=C(Nc1nc2ccccc2s1)[C@H]1CCCN1c1nccs1. The Labute approximate surface area is 135 Å². The van der Waals surface area contributed by atoms with Gasteiger partial charge in [0.15, 0.2) is 10.3 Å². The second-order valence-electron chi connectivity index (χ2n) is 5.14.